The molecule has 2 heterocycles. The molecule has 366 valence electrons. The smallest absolute Gasteiger partial charge is 0.407 e. The summed E-state index contributed by atoms with van der Waals surface area (Å²) in [5.41, 5.74) is 15.3. The van der Waals surface area contributed by atoms with Crippen molar-refractivity contribution in [2.24, 2.45) is 16.6 Å². The number of hydrogen-bond donors (Lipinski definition) is 4. The minimum atomic E-state index is -3.91. The van der Waals surface area contributed by atoms with E-state index in [-0.39, 0.29) is 42.3 Å². The van der Waals surface area contributed by atoms with Crippen LogP contribution >= 0.6 is 0 Å². The molecule has 5 N–H and O–H groups in total. The highest BCUT2D eigenvalue weighted by Crippen LogP contribution is 2.45. The van der Waals surface area contributed by atoms with Crippen LogP contribution in [-0.4, -0.2) is 61.5 Å². The van der Waals surface area contributed by atoms with Crippen molar-refractivity contribution < 1.29 is 37.1 Å². The number of ether oxygens (including phenoxy) is 1. The molecule has 2 amide bonds. The number of fused-ring (bicyclic) bond motifs is 5. The largest absolute Gasteiger partial charge is 0.480 e. The number of aliphatic carboxylic acids is 1. The third-order valence-electron chi connectivity index (χ3n) is 13.2. The zero-order chi connectivity index (χ0) is 50.2. The number of para-hydroxylation sites is 2. The van der Waals surface area contributed by atoms with Crippen molar-refractivity contribution in [3.05, 3.63) is 186 Å². The lowest BCUT2D eigenvalue weighted by Gasteiger charge is -2.30. The Kier molecular flexibility index (Phi) is 14.9. The molecule has 13 nitrogen and oxygen atoms in total. The Morgan fingerprint density at radius 2 is 1.38 bits per heavy atom. The van der Waals surface area contributed by atoms with E-state index in [0.29, 0.717) is 41.5 Å². The second kappa shape index (κ2) is 21.9. The van der Waals surface area contributed by atoms with Crippen LogP contribution in [0.2, 0.25) is 0 Å². The van der Waals surface area contributed by atoms with Crippen LogP contribution in [0.5, 0.6) is 0 Å². The number of alkyl carbamates (subject to hydrolysis) is 1. The number of rotatable bonds is 14. The Hall–Kier alpha value is -8.07. The first-order valence-electron chi connectivity index (χ1n) is 24.1. The van der Waals surface area contributed by atoms with Crippen LogP contribution in [0.3, 0.4) is 0 Å². The molecule has 1 saturated heterocycles. The topological polar surface area (TPSA) is 194 Å². The molecule has 0 bridgehead atoms. The molecule has 2 aliphatic heterocycles. The number of nitrogens with zero attached hydrogens (tertiary/aromatic N) is 2. The lowest BCUT2D eigenvalue weighted by Crippen LogP contribution is -2.41. The number of carbonyl (C=O) groups excluding carboxylic acids is 2. The minimum absolute atomic E-state index is 0.0351. The van der Waals surface area contributed by atoms with Gasteiger partial charge in [0, 0.05) is 70.5 Å². The van der Waals surface area contributed by atoms with E-state index in [0.717, 1.165) is 68.7 Å². The summed E-state index contributed by atoms with van der Waals surface area (Å²) in [7, 11) is -3.91. The molecule has 6 aromatic carbocycles. The van der Waals surface area contributed by atoms with Crippen LogP contribution in [-0.2, 0) is 24.3 Å². The summed E-state index contributed by atoms with van der Waals surface area (Å²) in [6, 6.07) is 53.5. The molecule has 10 rings (SSSR count). The Balaban J connectivity index is 0.000000209. The summed E-state index contributed by atoms with van der Waals surface area (Å²) in [5, 5.41) is 16.6. The maximum Gasteiger partial charge on any atom is 0.407 e. The summed E-state index contributed by atoms with van der Waals surface area (Å²) in [6.07, 6.45) is 2.12. The van der Waals surface area contributed by atoms with E-state index in [4.69, 9.17) is 19.9 Å². The highest BCUT2D eigenvalue weighted by atomic mass is 32.2. The first-order valence-corrected chi connectivity index (χ1v) is 25.6. The van der Waals surface area contributed by atoms with Crippen molar-refractivity contribution >= 4 is 56.0 Å². The number of piperidine rings is 1. The monoisotopic (exact) mass is 981 g/mol. The van der Waals surface area contributed by atoms with Crippen LogP contribution < -0.4 is 21.7 Å². The summed E-state index contributed by atoms with van der Waals surface area (Å²) in [5.74, 6) is -1.20. The number of hydrogen-bond acceptors (Lipinski definition) is 9. The Bertz CT molecular complexity index is 3350. The number of sulfonamides is 1. The van der Waals surface area contributed by atoms with E-state index in [1.807, 2.05) is 153 Å². The molecule has 1 fully saturated rings. The summed E-state index contributed by atoms with van der Waals surface area (Å²) in [4.78, 5) is 40.1. The maximum atomic E-state index is 14.2. The van der Waals surface area contributed by atoms with Gasteiger partial charge >= 0.3 is 12.1 Å². The number of carbonyl (C=O) groups is 3. The Morgan fingerprint density at radius 3 is 2.03 bits per heavy atom. The third-order valence-corrected chi connectivity index (χ3v) is 15.1. The summed E-state index contributed by atoms with van der Waals surface area (Å²) < 4.78 is 41.8. The maximum absolute atomic E-state index is 14.2. The number of amides is 2. The average molecular weight is 982 g/mol. The number of carboxylic acids is 1. The first kappa shape index (κ1) is 48.9. The van der Waals surface area contributed by atoms with Crippen molar-refractivity contribution in [1.29, 1.82) is 0 Å². The van der Waals surface area contributed by atoms with E-state index in [1.165, 1.54) is 4.31 Å². The SMILES string of the molecule is CCCCC(NC(=O)OCC1c2ccccc2-c2ccccc21)C(=O)O.NC(=O)C1CCN(S(=O)(=O)c2ccccc2-c2c3ccc(=Nc4ccccc4)cc-3oc3cc(Nc4ccccc4)ccc23)CC1. The van der Waals surface area contributed by atoms with Crippen LogP contribution in [0.1, 0.15) is 56.1 Å². The van der Waals surface area contributed by atoms with Crippen molar-refractivity contribution in [2.45, 2.75) is 55.9 Å². The summed E-state index contributed by atoms with van der Waals surface area (Å²) >= 11 is 0. The van der Waals surface area contributed by atoms with Crippen molar-refractivity contribution in [2.75, 3.05) is 25.0 Å². The van der Waals surface area contributed by atoms with Crippen LogP contribution in [0.15, 0.2) is 184 Å². The molecule has 6 aromatic rings. The molecule has 4 aliphatic rings. The predicted molar refractivity (Wildman–Crippen MR) is 279 cm³/mol. The number of carboxylic acid groups (broad SMARTS) is 1. The van der Waals surface area contributed by atoms with E-state index < -0.39 is 28.1 Å². The Labute approximate surface area is 418 Å². The fraction of sp³-hybridized carbons (Fsp3) is 0.207. The zero-order valence-corrected chi connectivity index (χ0v) is 40.6. The highest BCUT2D eigenvalue weighted by Gasteiger charge is 2.34. The fourth-order valence-electron chi connectivity index (χ4n) is 9.52. The van der Waals surface area contributed by atoms with E-state index in [1.54, 1.807) is 12.1 Å². The number of primary amides is 1. The van der Waals surface area contributed by atoms with Gasteiger partial charge in [-0.1, -0.05) is 123 Å². The van der Waals surface area contributed by atoms with Gasteiger partial charge in [0.25, 0.3) is 0 Å². The van der Waals surface area contributed by atoms with Crippen LogP contribution in [0.25, 0.3) is 44.5 Å². The van der Waals surface area contributed by atoms with Crippen LogP contribution in [0.4, 0.5) is 21.9 Å². The van der Waals surface area contributed by atoms with Gasteiger partial charge in [0.15, 0.2) is 0 Å². The van der Waals surface area contributed by atoms with Gasteiger partial charge in [0.1, 0.15) is 24.0 Å². The normalized spacial score (nSPS) is 14.4. The standard InChI is InChI=1S/C37H32N4O4S.C21H23NO4/c38-37(42)25-19-21-41(22-20-25)46(43,44)35-14-8-7-13-32(35)36-30-17-15-28(39-26-9-3-1-4-10-26)23-33(30)45-34-24-29(16-18-31(34)36)40-27-11-5-2-6-12-27;1-2-3-12-19(20(23)24)22-21(25)26-13-18-16-10-6-4-8-14(16)15-9-5-7-11-17(15)18/h1-18,23-25,39H,19-22H2,(H2,38,42);4-11,18-19H,2-3,12-13H2,1H3,(H,22,25)(H,23,24). The molecule has 0 aromatic heterocycles. The van der Waals surface area contributed by atoms with E-state index in [2.05, 4.69) is 22.8 Å². The molecule has 1 unspecified atom stereocenters. The lowest BCUT2D eigenvalue weighted by atomic mass is 9.93. The molecule has 2 aliphatic carbocycles. The molecule has 72 heavy (non-hydrogen) atoms. The number of benzene rings is 7. The van der Waals surface area contributed by atoms with Crippen LogP contribution in [0, 0.1) is 5.92 Å². The number of anilines is 2. The molecular formula is C58H55N5O8S. The van der Waals surface area contributed by atoms with Gasteiger partial charge in [0.2, 0.25) is 15.9 Å². The summed E-state index contributed by atoms with van der Waals surface area (Å²) in [6.45, 7) is 2.62. The average Bonchev–Trinajstić information content (AvgIpc) is 3.72. The second-order valence-electron chi connectivity index (χ2n) is 17.9. The molecule has 0 saturated carbocycles. The third kappa shape index (κ3) is 10.8. The molecule has 0 spiro atoms. The number of nitrogens with two attached hydrogens (primary N) is 1. The van der Waals surface area contributed by atoms with Gasteiger partial charge < -0.3 is 30.6 Å². The second-order valence-corrected chi connectivity index (χ2v) is 19.8. The van der Waals surface area contributed by atoms with Crippen molar-refractivity contribution in [3.63, 3.8) is 0 Å². The highest BCUT2D eigenvalue weighted by molar-refractivity contribution is 7.89. The van der Waals surface area contributed by atoms with Gasteiger partial charge in [-0.25, -0.2) is 23.0 Å². The zero-order valence-electron chi connectivity index (χ0n) is 39.7. The molecule has 1 atom stereocenters. The number of unbranched alkanes of at least 4 members (excludes halogenated alkanes) is 1. The van der Waals surface area contributed by atoms with E-state index in [9.17, 15) is 27.9 Å². The van der Waals surface area contributed by atoms with Gasteiger partial charge in [0.05, 0.1) is 15.9 Å². The predicted octanol–water partition coefficient (Wildman–Crippen LogP) is 11.2. The van der Waals surface area contributed by atoms with E-state index >= 15 is 0 Å². The van der Waals surface area contributed by atoms with Crippen molar-refractivity contribution in [3.8, 4) is 33.6 Å². The molecule has 14 heteroatoms. The van der Waals surface area contributed by atoms with Gasteiger partial charge in [-0.05, 0) is 96.1 Å². The van der Waals surface area contributed by atoms with Gasteiger partial charge in [-0.15, -0.1) is 0 Å². The quantitative estimate of drug-likeness (QED) is 0.0767. The van der Waals surface area contributed by atoms with Crippen molar-refractivity contribution in [1.82, 2.24) is 9.62 Å². The fourth-order valence-corrected chi connectivity index (χ4v) is 11.2. The minimum Gasteiger partial charge on any atom is -0.480 e. The Morgan fingerprint density at radius 1 is 0.750 bits per heavy atom. The molecule has 0 radical (unpaired) electrons. The number of nitrogens with one attached hydrogen (secondary N) is 2. The first-order chi connectivity index (χ1) is 35.0. The van der Waals surface area contributed by atoms with Gasteiger partial charge in [-0.2, -0.15) is 4.31 Å². The van der Waals surface area contributed by atoms with Gasteiger partial charge in [-0.3, -0.25) is 4.79 Å². The molecular weight excluding hydrogens is 927 g/mol. The lowest BCUT2D eigenvalue weighted by molar-refractivity contribution is -0.139.